The summed E-state index contributed by atoms with van der Waals surface area (Å²) < 4.78 is 11.7. The van der Waals surface area contributed by atoms with E-state index in [0.29, 0.717) is 19.3 Å². The molecule has 3 nitrogen and oxygen atoms in total. The molecule has 0 spiro atoms. The summed E-state index contributed by atoms with van der Waals surface area (Å²) in [4.78, 5) is 0. The quantitative estimate of drug-likeness (QED) is 0.657. The summed E-state index contributed by atoms with van der Waals surface area (Å²) in [5, 5.41) is 3.50. The Labute approximate surface area is 158 Å². The van der Waals surface area contributed by atoms with E-state index in [2.05, 4.69) is 62.5 Å². The fraction of sp³-hybridized carbons (Fsp3) is 0.429. The molecule has 2 aromatic carbocycles. The molecule has 4 heteroatoms. The summed E-state index contributed by atoms with van der Waals surface area (Å²) >= 11 is 0. The second-order valence-corrected chi connectivity index (χ2v) is 6.18. The molecular formula is C21H30ClNO2. The highest BCUT2D eigenvalue weighted by Crippen LogP contribution is 2.29. The fourth-order valence-corrected chi connectivity index (χ4v) is 2.33. The largest absolute Gasteiger partial charge is 0.490 e. The first kappa shape index (κ1) is 21.3. The van der Waals surface area contributed by atoms with Gasteiger partial charge in [0.05, 0.1) is 6.61 Å². The Morgan fingerprint density at radius 1 is 0.920 bits per heavy atom. The number of ether oxygens (including phenoxy) is 2. The van der Waals surface area contributed by atoms with Gasteiger partial charge in [-0.25, -0.2) is 0 Å². The monoisotopic (exact) mass is 363 g/mol. The van der Waals surface area contributed by atoms with E-state index in [4.69, 9.17) is 9.47 Å². The van der Waals surface area contributed by atoms with Crippen LogP contribution >= 0.6 is 12.4 Å². The highest BCUT2D eigenvalue weighted by atomic mass is 35.5. The highest BCUT2D eigenvalue weighted by Gasteiger charge is 2.08. The van der Waals surface area contributed by atoms with Gasteiger partial charge in [0, 0.05) is 12.6 Å². The Balaban J connectivity index is 0.00000312. The Hall–Kier alpha value is -1.71. The highest BCUT2D eigenvalue weighted by molar-refractivity contribution is 5.85. The molecule has 0 heterocycles. The van der Waals surface area contributed by atoms with Gasteiger partial charge in [-0.15, -0.1) is 12.4 Å². The number of hydrogen-bond acceptors (Lipinski definition) is 3. The number of hydrogen-bond donors (Lipinski definition) is 1. The van der Waals surface area contributed by atoms with Crippen LogP contribution in [-0.4, -0.2) is 12.6 Å². The molecule has 1 atom stereocenters. The molecule has 2 rings (SSSR count). The zero-order chi connectivity index (χ0) is 17.4. The van der Waals surface area contributed by atoms with Crippen molar-refractivity contribution in [3.05, 3.63) is 59.2 Å². The number of benzene rings is 2. The van der Waals surface area contributed by atoms with Crippen molar-refractivity contribution in [2.75, 3.05) is 6.61 Å². The van der Waals surface area contributed by atoms with E-state index in [1.165, 1.54) is 11.1 Å². The smallest absolute Gasteiger partial charge is 0.161 e. The molecule has 25 heavy (non-hydrogen) atoms. The van der Waals surface area contributed by atoms with E-state index in [0.717, 1.165) is 30.0 Å². The molecule has 0 radical (unpaired) electrons. The van der Waals surface area contributed by atoms with Crippen LogP contribution in [0, 0.1) is 6.92 Å². The second kappa shape index (κ2) is 11.0. The number of nitrogens with one attached hydrogen (secondary N) is 1. The van der Waals surface area contributed by atoms with E-state index in [-0.39, 0.29) is 12.4 Å². The molecule has 0 saturated carbocycles. The minimum absolute atomic E-state index is 0. The Bertz CT molecular complexity index is 628. The lowest BCUT2D eigenvalue weighted by Gasteiger charge is -2.15. The van der Waals surface area contributed by atoms with Gasteiger partial charge >= 0.3 is 0 Å². The Morgan fingerprint density at radius 3 is 2.24 bits per heavy atom. The van der Waals surface area contributed by atoms with Crippen molar-refractivity contribution in [2.24, 2.45) is 0 Å². The third-order valence-corrected chi connectivity index (χ3v) is 4.09. The molecule has 1 N–H and O–H groups in total. The molecule has 0 aromatic heterocycles. The maximum atomic E-state index is 5.97. The summed E-state index contributed by atoms with van der Waals surface area (Å²) in [6.07, 6.45) is 1.12. The first-order chi connectivity index (χ1) is 11.6. The molecule has 0 aliphatic rings. The molecule has 0 bridgehead atoms. The summed E-state index contributed by atoms with van der Waals surface area (Å²) in [6, 6.07) is 15.1. The van der Waals surface area contributed by atoms with E-state index < -0.39 is 0 Å². The normalized spacial score (nSPS) is 11.5. The minimum Gasteiger partial charge on any atom is -0.490 e. The lowest BCUT2D eigenvalue weighted by Crippen LogP contribution is -2.24. The topological polar surface area (TPSA) is 30.5 Å². The molecule has 2 aromatic rings. The Morgan fingerprint density at radius 2 is 1.60 bits per heavy atom. The van der Waals surface area contributed by atoms with Gasteiger partial charge in [0.1, 0.15) is 6.61 Å². The van der Waals surface area contributed by atoms with Crippen LogP contribution in [0.4, 0.5) is 0 Å². The van der Waals surface area contributed by atoms with E-state index in [9.17, 15) is 0 Å². The fourth-order valence-electron chi connectivity index (χ4n) is 2.33. The van der Waals surface area contributed by atoms with Crippen molar-refractivity contribution in [3.63, 3.8) is 0 Å². The van der Waals surface area contributed by atoms with Crippen molar-refractivity contribution < 1.29 is 9.47 Å². The minimum atomic E-state index is 0. The first-order valence-corrected chi connectivity index (χ1v) is 8.79. The van der Waals surface area contributed by atoms with Crippen molar-refractivity contribution in [1.82, 2.24) is 5.32 Å². The van der Waals surface area contributed by atoms with Crippen molar-refractivity contribution in [2.45, 2.75) is 53.3 Å². The molecule has 0 saturated heterocycles. The molecule has 0 amide bonds. The van der Waals surface area contributed by atoms with Gasteiger partial charge in [-0.2, -0.15) is 0 Å². The zero-order valence-corrected chi connectivity index (χ0v) is 16.5. The SMILES string of the molecule is CCOc1cc(CNC(C)CC)ccc1OCc1ccc(C)cc1.Cl. The maximum Gasteiger partial charge on any atom is 0.161 e. The second-order valence-electron chi connectivity index (χ2n) is 6.18. The van der Waals surface area contributed by atoms with E-state index in [1.807, 2.05) is 13.0 Å². The number of aryl methyl sites for hydroxylation is 1. The van der Waals surface area contributed by atoms with Gasteiger partial charge in [-0.3, -0.25) is 0 Å². The van der Waals surface area contributed by atoms with Gasteiger partial charge in [0.2, 0.25) is 0 Å². The van der Waals surface area contributed by atoms with Crippen molar-refractivity contribution >= 4 is 12.4 Å². The molecule has 138 valence electrons. The first-order valence-electron chi connectivity index (χ1n) is 8.79. The van der Waals surface area contributed by atoms with Gasteiger partial charge in [-0.1, -0.05) is 42.8 Å². The predicted octanol–water partition coefficient (Wildman–Crippen LogP) is 5.28. The molecular weight excluding hydrogens is 334 g/mol. The van der Waals surface area contributed by atoms with Crippen LogP contribution in [-0.2, 0) is 13.2 Å². The summed E-state index contributed by atoms with van der Waals surface area (Å²) in [5.41, 5.74) is 3.62. The van der Waals surface area contributed by atoms with Crippen LogP contribution in [0.25, 0.3) is 0 Å². The summed E-state index contributed by atoms with van der Waals surface area (Å²) in [5.74, 6) is 1.61. The third kappa shape index (κ3) is 6.97. The van der Waals surface area contributed by atoms with Gasteiger partial charge in [0.15, 0.2) is 11.5 Å². The molecule has 0 fully saturated rings. The van der Waals surface area contributed by atoms with Gasteiger partial charge < -0.3 is 14.8 Å². The van der Waals surface area contributed by atoms with Crippen LogP contribution in [0.1, 0.15) is 43.9 Å². The lowest BCUT2D eigenvalue weighted by molar-refractivity contribution is 0.269. The predicted molar refractivity (Wildman–Crippen MR) is 107 cm³/mol. The van der Waals surface area contributed by atoms with E-state index in [1.54, 1.807) is 0 Å². The van der Waals surface area contributed by atoms with Crippen molar-refractivity contribution in [1.29, 1.82) is 0 Å². The standard InChI is InChI=1S/C21H29NO2.ClH/c1-5-17(4)22-14-19-11-12-20(21(13-19)23-6-2)24-15-18-9-7-16(3)8-10-18;/h7-13,17,22H,5-6,14-15H2,1-4H3;1H. The van der Waals surface area contributed by atoms with Crippen LogP contribution in [0.15, 0.2) is 42.5 Å². The van der Waals surface area contributed by atoms with E-state index >= 15 is 0 Å². The van der Waals surface area contributed by atoms with Crippen LogP contribution in [0.3, 0.4) is 0 Å². The average molecular weight is 364 g/mol. The van der Waals surface area contributed by atoms with Crippen molar-refractivity contribution in [3.8, 4) is 11.5 Å². The summed E-state index contributed by atoms with van der Waals surface area (Å²) in [6.45, 7) is 10.5. The third-order valence-electron chi connectivity index (χ3n) is 4.09. The molecule has 0 aliphatic heterocycles. The van der Waals surface area contributed by atoms with Crippen LogP contribution in [0.2, 0.25) is 0 Å². The lowest BCUT2D eigenvalue weighted by atomic mass is 10.1. The molecule has 0 aliphatic carbocycles. The van der Waals surface area contributed by atoms with Crippen LogP contribution in [0.5, 0.6) is 11.5 Å². The summed E-state index contributed by atoms with van der Waals surface area (Å²) in [7, 11) is 0. The maximum absolute atomic E-state index is 5.97. The average Bonchev–Trinajstić information content (AvgIpc) is 2.60. The van der Waals surface area contributed by atoms with Crippen LogP contribution < -0.4 is 14.8 Å². The Kier molecular flexibility index (Phi) is 9.40. The number of rotatable bonds is 9. The number of halogens is 1. The molecule has 1 unspecified atom stereocenters. The zero-order valence-electron chi connectivity index (χ0n) is 15.7. The van der Waals surface area contributed by atoms with Gasteiger partial charge in [-0.05, 0) is 50.5 Å². The van der Waals surface area contributed by atoms with Gasteiger partial charge in [0.25, 0.3) is 0 Å².